The standard InChI is InChI=1S/C19H16O2S/c1-4-10-16(11-5-1)20-19(21-17-12-6-2-7-13-17)22-18-14-8-3-9-15-18/h1-15,19H. The van der Waals surface area contributed by atoms with E-state index < -0.39 is 5.62 Å². The van der Waals surface area contributed by atoms with E-state index in [0.29, 0.717) is 0 Å². The van der Waals surface area contributed by atoms with Crippen molar-refractivity contribution in [1.29, 1.82) is 0 Å². The summed E-state index contributed by atoms with van der Waals surface area (Å²) < 4.78 is 11.9. The summed E-state index contributed by atoms with van der Waals surface area (Å²) in [6.45, 7) is 0. The third kappa shape index (κ3) is 4.30. The fourth-order valence-corrected chi connectivity index (χ4v) is 2.76. The molecule has 0 aliphatic heterocycles. The van der Waals surface area contributed by atoms with Crippen LogP contribution in [-0.2, 0) is 0 Å². The molecule has 0 saturated heterocycles. The highest BCUT2D eigenvalue weighted by atomic mass is 32.2. The first kappa shape index (κ1) is 14.5. The largest absolute Gasteiger partial charge is 0.445 e. The highest BCUT2D eigenvalue weighted by Crippen LogP contribution is 2.28. The van der Waals surface area contributed by atoms with Crippen LogP contribution >= 0.6 is 11.8 Å². The van der Waals surface area contributed by atoms with Gasteiger partial charge in [0.1, 0.15) is 11.5 Å². The third-order valence-corrected chi connectivity index (χ3v) is 3.86. The Bertz CT molecular complexity index is 573. The van der Waals surface area contributed by atoms with Gasteiger partial charge in [-0.25, -0.2) is 0 Å². The van der Waals surface area contributed by atoms with Crippen molar-refractivity contribution in [1.82, 2.24) is 0 Å². The van der Waals surface area contributed by atoms with Crippen LogP contribution in [0, 0.1) is 0 Å². The van der Waals surface area contributed by atoms with Crippen LogP contribution in [0.2, 0.25) is 0 Å². The summed E-state index contributed by atoms with van der Waals surface area (Å²) in [4.78, 5) is 1.10. The third-order valence-electron chi connectivity index (χ3n) is 2.93. The van der Waals surface area contributed by atoms with E-state index in [1.807, 2.05) is 91.0 Å². The van der Waals surface area contributed by atoms with Crippen molar-refractivity contribution in [2.75, 3.05) is 0 Å². The van der Waals surface area contributed by atoms with Gasteiger partial charge in [0.25, 0.3) is 5.62 Å². The molecule has 0 saturated carbocycles. The normalized spacial score (nSPS) is 10.4. The van der Waals surface area contributed by atoms with E-state index in [9.17, 15) is 0 Å². The summed E-state index contributed by atoms with van der Waals surface area (Å²) in [5.41, 5.74) is -0.452. The van der Waals surface area contributed by atoms with Gasteiger partial charge in [-0.3, -0.25) is 0 Å². The summed E-state index contributed by atoms with van der Waals surface area (Å²) in [7, 11) is 0. The lowest BCUT2D eigenvalue weighted by Crippen LogP contribution is -2.19. The zero-order chi connectivity index (χ0) is 15.0. The average molecular weight is 308 g/mol. The Morgan fingerprint density at radius 2 is 0.955 bits per heavy atom. The number of thioether (sulfide) groups is 1. The summed E-state index contributed by atoms with van der Waals surface area (Å²) in [5.74, 6) is 1.57. The van der Waals surface area contributed by atoms with E-state index in [4.69, 9.17) is 9.47 Å². The van der Waals surface area contributed by atoms with E-state index in [2.05, 4.69) is 0 Å². The van der Waals surface area contributed by atoms with Crippen molar-refractivity contribution < 1.29 is 9.47 Å². The van der Waals surface area contributed by atoms with E-state index in [0.717, 1.165) is 16.4 Å². The second-order valence-electron chi connectivity index (χ2n) is 4.58. The van der Waals surface area contributed by atoms with Crippen LogP contribution in [0.4, 0.5) is 0 Å². The van der Waals surface area contributed by atoms with Gasteiger partial charge in [0.05, 0.1) is 0 Å². The Kier molecular flexibility index (Phi) is 5.00. The van der Waals surface area contributed by atoms with Crippen LogP contribution in [0.5, 0.6) is 11.5 Å². The monoisotopic (exact) mass is 308 g/mol. The van der Waals surface area contributed by atoms with Gasteiger partial charge in [-0.2, -0.15) is 0 Å². The lowest BCUT2D eigenvalue weighted by Gasteiger charge is -2.20. The van der Waals surface area contributed by atoms with Gasteiger partial charge in [0.2, 0.25) is 0 Å². The number of ether oxygens (including phenoxy) is 2. The minimum Gasteiger partial charge on any atom is -0.445 e. The first-order valence-electron chi connectivity index (χ1n) is 7.05. The van der Waals surface area contributed by atoms with Crippen molar-refractivity contribution in [2.45, 2.75) is 10.5 Å². The fraction of sp³-hybridized carbons (Fsp3) is 0.0526. The fourth-order valence-electron chi connectivity index (χ4n) is 1.90. The number of hydrogen-bond acceptors (Lipinski definition) is 3. The number of rotatable bonds is 6. The molecule has 3 aromatic carbocycles. The molecular formula is C19H16O2S. The zero-order valence-corrected chi connectivity index (χ0v) is 12.8. The molecule has 0 aromatic heterocycles. The average Bonchev–Trinajstić information content (AvgIpc) is 2.57. The predicted octanol–water partition coefficient (Wildman–Crippen LogP) is 5.22. The molecule has 0 N–H and O–H groups in total. The van der Waals surface area contributed by atoms with Crippen molar-refractivity contribution in [3.63, 3.8) is 0 Å². The molecule has 0 aliphatic rings. The topological polar surface area (TPSA) is 18.5 Å². The predicted molar refractivity (Wildman–Crippen MR) is 90.2 cm³/mol. The highest BCUT2D eigenvalue weighted by molar-refractivity contribution is 7.99. The Morgan fingerprint density at radius 3 is 1.41 bits per heavy atom. The van der Waals surface area contributed by atoms with Crippen LogP contribution in [0.25, 0.3) is 0 Å². The maximum atomic E-state index is 5.96. The lowest BCUT2D eigenvalue weighted by atomic mass is 10.3. The van der Waals surface area contributed by atoms with Crippen LogP contribution in [0.3, 0.4) is 0 Å². The van der Waals surface area contributed by atoms with Gasteiger partial charge in [0.15, 0.2) is 0 Å². The van der Waals surface area contributed by atoms with Crippen molar-refractivity contribution >= 4 is 11.8 Å². The van der Waals surface area contributed by atoms with Crippen LogP contribution in [0.15, 0.2) is 95.9 Å². The second kappa shape index (κ2) is 7.57. The Hall–Kier alpha value is -2.39. The highest BCUT2D eigenvalue weighted by Gasteiger charge is 2.14. The molecule has 3 aromatic rings. The van der Waals surface area contributed by atoms with Gasteiger partial charge >= 0.3 is 0 Å². The van der Waals surface area contributed by atoms with E-state index >= 15 is 0 Å². The van der Waals surface area contributed by atoms with E-state index in [1.54, 1.807) is 0 Å². The van der Waals surface area contributed by atoms with E-state index in [-0.39, 0.29) is 0 Å². The molecule has 0 amide bonds. The molecular weight excluding hydrogens is 292 g/mol. The van der Waals surface area contributed by atoms with Gasteiger partial charge in [-0.15, -0.1) is 0 Å². The molecule has 0 spiro atoms. The molecule has 0 fully saturated rings. The Labute approximate surface area is 134 Å². The maximum absolute atomic E-state index is 5.96. The SMILES string of the molecule is c1ccc(OC(Oc2ccccc2)Sc2ccccc2)cc1. The van der Waals surface area contributed by atoms with E-state index in [1.165, 1.54) is 11.8 Å². The molecule has 0 heterocycles. The molecule has 22 heavy (non-hydrogen) atoms. The first-order valence-corrected chi connectivity index (χ1v) is 7.93. The minimum absolute atomic E-state index is 0.452. The molecule has 0 aliphatic carbocycles. The van der Waals surface area contributed by atoms with Gasteiger partial charge in [-0.05, 0) is 48.2 Å². The second-order valence-corrected chi connectivity index (χ2v) is 5.67. The van der Waals surface area contributed by atoms with Gasteiger partial charge in [0, 0.05) is 4.90 Å². The molecule has 2 nitrogen and oxygen atoms in total. The quantitative estimate of drug-likeness (QED) is 0.459. The first-order chi connectivity index (χ1) is 10.9. The van der Waals surface area contributed by atoms with Gasteiger partial charge in [-0.1, -0.05) is 54.6 Å². The summed E-state index contributed by atoms with van der Waals surface area (Å²) >= 11 is 1.53. The zero-order valence-electron chi connectivity index (χ0n) is 12.0. The van der Waals surface area contributed by atoms with Crippen molar-refractivity contribution in [3.05, 3.63) is 91.0 Å². The van der Waals surface area contributed by atoms with Crippen LogP contribution in [0.1, 0.15) is 0 Å². The summed E-state index contributed by atoms with van der Waals surface area (Å²) in [6.07, 6.45) is 0. The molecule has 0 bridgehead atoms. The van der Waals surface area contributed by atoms with Crippen molar-refractivity contribution in [2.24, 2.45) is 0 Å². The molecule has 0 atom stereocenters. The summed E-state index contributed by atoms with van der Waals surface area (Å²) in [5, 5.41) is 0. The molecule has 0 radical (unpaired) electrons. The minimum atomic E-state index is -0.452. The summed E-state index contributed by atoms with van der Waals surface area (Å²) in [6, 6.07) is 29.5. The molecule has 3 heteroatoms. The Balaban J connectivity index is 1.75. The number of para-hydroxylation sites is 2. The maximum Gasteiger partial charge on any atom is 0.295 e. The molecule has 110 valence electrons. The molecule has 3 rings (SSSR count). The number of hydrogen-bond donors (Lipinski definition) is 0. The van der Waals surface area contributed by atoms with Crippen LogP contribution < -0.4 is 9.47 Å². The Morgan fingerprint density at radius 1 is 0.545 bits per heavy atom. The van der Waals surface area contributed by atoms with Crippen LogP contribution in [-0.4, -0.2) is 5.62 Å². The van der Waals surface area contributed by atoms with Gasteiger partial charge < -0.3 is 9.47 Å². The molecule has 0 unspecified atom stereocenters. The van der Waals surface area contributed by atoms with Crippen molar-refractivity contribution in [3.8, 4) is 11.5 Å². The number of benzene rings is 3. The lowest BCUT2D eigenvalue weighted by molar-refractivity contribution is 0.0844. The smallest absolute Gasteiger partial charge is 0.295 e.